The number of benzene rings is 1. The van der Waals surface area contributed by atoms with Crippen LogP contribution in [0.25, 0.3) is 0 Å². The zero-order valence-corrected chi connectivity index (χ0v) is 12.4. The Morgan fingerprint density at radius 3 is 2.39 bits per heavy atom. The fourth-order valence-corrected chi connectivity index (χ4v) is 2.44. The molecule has 0 heterocycles. The number of aliphatic hydroxyl groups excluding tert-OH is 1. The molecular weight excluding hydrogens is 250 g/mol. The van der Waals surface area contributed by atoms with Crippen LogP contribution in [0.15, 0.2) is 12.1 Å². The van der Waals surface area contributed by atoms with Crippen molar-refractivity contribution in [3.05, 3.63) is 28.3 Å². The molecule has 0 amide bonds. The van der Waals surface area contributed by atoms with Crippen LogP contribution in [0.5, 0.6) is 5.75 Å². The van der Waals surface area contributed by atoms with E-state index in [0.29, 0.717) is 16.7 Å². The van der Waals surface area contributed by atoms with E-state index in [-0.39, 0.29) is 6.04 Å². The van der Waals surface area contributed by atoms with Gasteiger partial charge in [0.2, 0.25) is 0 Å². The summed E-state index contributed by atoms with van der Waals surface area (Å²) in [6.45, 7) is 6.10. The third-order valence-electron chi connectivity index (χ3n) is 3.25. The molecule has 0 saturated heterocycles. The molecule has 0 aliphatic heterocycles. The Balaban J connectivity index is 3.13. The number of likely N-dealkylation sites (N-methyl/N-ethyl adjacent to an activating group) is 1. The fraction of sp³-hybridized carbons (Fsp3) is 0.571. The van der Waals surface area contributed by atoms with E-state index in [0.717, 1.165) is 11.1 Å². The lowest BCUT2D eigenvalue weighted by Crippen LogP contribution is -2.37. The van der Waals surface area contributed by atoms with Crippen LogP contribution in [0, 0.1) is 12.8 Å². The number of aliphatic hydroxyl groups is 1. The van der Waals surface area contributed by atoms with Crippen molar-refractivity contribution >= 4 is 11.6 Å². The molecule has 2 N–H and O–H groups in total. The molecule has 1 aromatic rings. The van der Waals surface area contributed by atoms with Crippen LogP contribution in [-0.4, -0.2) is 25.3 Å². The second-order valence-electron chi connectivity index (χ2n) is 4.85. The van der Waals surface area contributed by atoms with Gasteiger partial charge >= 0.3 is 0 Å². The number of nitrogens with one attached hydrogen (secondary N) is 1. The lowest BCUT2D eigenvalue weighted by Gasteiger charge is -2.27. The Labute approximate surface area is 114 Å². The van der Waals surface area contributed by atoms with Crippen LogP contribution < -0.4 is 10.1 Å². The highest BCUT2D eigenvalue weighted by molar-refractivity contribution is 6.32. The summed E-state index contributed by atoms with van der Waals surface area (Å²) in [5.41, 5.74) is 1.82. The predicted octanol–water partition coefficient (Wildman–Crippen LogP) is 2.93. The molecule has 0 aromatic heterocycles. The molecule has 1 rings (SSSR count). The van der Waals surface area contributed by atoms with Crippen LogP contribution in [0.4, 0.5) is 0 Å². The van der Waals surface area contributed by atoms with Gasteiger partial charge in [0.1, 0.15) is 5.75 Å². The van der Waals surface area contributed by atoms with Crippen molar-refractivity contribution in [3.63, 3.8) is 0 Å². The van der Waals surface area contributed by atoms with Gasteiger partial charge in [0.25, 0.3) is 0 Å². The Morgan fingerprint density at radius 1 is 1.33 bits per heavy atom. The molecule has 0 aliphatic rings. The Hall–Kier alpha value is -0.770. The summed E-state index contributed by atoms with van der Waals surface area (Å²) < 4.78 is 5.17. The highest BCUT2D eigenvalue weighted by Crippen LogP contribution is 2.32. The van der Waals surface area contributed by atoms with Crippen LogP contribution in [0.2, 0.25) is 5.02 Å². The highest BCUT2D eigenvalue weighted by atomic mass is 35.5. The van der Waals surface area contributed by atoms with Gasteiger partial charge in [-0.3, -0.25) is 0 Å². The van der Waals surface area contributed by atoms with Gasteiger partial charge in [0, 0.05) is 6.04 Å². The monoisotopic (exact) mass is 271 g/mol. The van der Waals surface area contributed by atoms with E-state index in [4.69, 9.17) is 16.3 Å². The van der Waals surface area contributed by atoms with Crippen LogP contribution in [-0.2, 0) is 0 Å². The summed E-state index contributed by atoms with van der Waals surface area (Å²) in [6.07, 6.45) is -0.585. The second kappa shape index (κ2) is 6.41. The van der Waals surface area contributed by atoms with Gasteiger partial charge in [-0.15, -0.1) is 0 Å². The number of ether oxygens (including phenoxy) is 1. The maximum atomic E-state index is 10.5. The predicted molar refractivity (Wildman–Crippen MR) is 75.4 cm³/mol. The first-order chi connectivity index (χ1) is 8.42. The highest BCUT2D eigenvalue weighted by Gasteiger charge is 2.24. The minimum Gasteiger partial charge on any atom is -0.495 e. The topological polar surface area (TPSA) is 41.5 Å². The number of halogens is 1. The minimum atomic E-state index is -0.585. The van der Waals surface area contributed by atoms with E-state index in [1.165, 1.54) is 0 Å². The van der Waals surface area contributed by atoms with Crippen molar-refractivity contribution in [1.82, 2.24) is 5.32 Å². The summed E-state index contributed by atoms with van der Waals surface area (Å²) in [7, 11) is 3.44. The third kappa shape index (κ3) is 3.16. The van der Waals surface area contributed by atoms with Gasteiger partial charge in [-0.05, 0) is 43.1 Å². The molecule has 2 atom stereocenters. The quantitative estimate of drug-likeness (QED) is 0.865. The van der Waals surface area contributed by atoms with Crippen molar-refractivity contribution in [2.45, 2.75) is 32.9 Å². The molecule has 1 aromatic carbocycles. The smallest absolute Gasteiger partial charge is 0.137 e. The Kier molecular flexibility index (Phi) is 5.45. The van der Waals surface area contributed by atoms with E-state index in [1.807, 2.05) is 20.0 Å². The average Bonchev–Trinajstić information content (AvgIpc) is 2.31. The van der Waals surface area contributed by atoms with Gasteiger partial charge in [0.15, 0.2) is 0 Å². The normalized spacial score (nSPS) is 14.7. The standard InChI is InChI=1S/C14H22ClNO2/c1-8(2)13(16-4)14(17)10-7-11(15)12(18-5)6-9(10)3/h6-8,13-14,16-17H,1-5H3. The molecule has 0 spiro atoms. The Morgan fingerprint density at radius 2 is 1.94 bits per heavy atom. The molecule has 3 nitrogen and oxygen atoms in total. The zero-order chi connectivity index (χ0) is 13.9. The van der Waals surface area contributed by atoms with E-state index >= 15 is 0 Å². The van der Waals surface area contributed by atoms with Gasteiger partial charge < -0.3 is 15.2 Å². The minimum absolute atomic E-state index is 0.00633. The van der Waals surface area contributed by atoms with Crippen LogP contribution in [0.1, 0.15) is 31.1 Å². The fourth-order valence-electron chi connectivity index (χ4n) is 2.19. The van der Waals surface area contributed by atoms with E-state index in [2.05, 4.69) is 19.2 Å². The van der Waals surface area contributed by atoms with Gasteiger partial charge in [-0.1, -0.05) is 25.4 Å². The summed E-state index contributed by atoms with van der Waals surface area (Å²) in [5, 5.41) is 14.1. The first-order valence-corrected chi connectivity index (χ1v) is 6.49. The largest absolute Gasteiger partial charge is 0.495 e. The summed E-state index contributed by atoms with van der Waals surface area (Å²) in [6, 6.07) is 3.63. The van der Waals surface area contributed by atoms with Crippen molar-refractivity contribution < 1.29 is 9.84 Å². The molecule has 4 heteroatoms. The average molecular weight is 272 g/mol. The van der Waals surface area contributed by atoms with Crippen molar-refractivity contribution in [2.24, 2.45) is 5.92 Å². The number of methoxy groups -OCH3 is 1. The number of aryl methyl sites for hydroxylation is 1. The van der Waals surface area contributed by atoms with E-state index < -0.39 is 6.10 Å². The van der Waals surface area contributed by atoms with Crippen molar-refractivity contribution in [2.75, 3.05) is 14.2 Å². The first-order valence-electron chi connectivity index (χ1n) is 6.11. The first kappa shape index (κ1) is 15.3. The van der Waals surface area contributed by atoms with Crippen LogP contribution >= 0.6 is 11.6 Å². The molecule has 0 saturated carbocycles. The number of rotatable bonds is 5. The summed E-state index contributed by atoms with van der Waals surface area (Å²) >= 11 is 6.12. The molecular formula is C14H22ClNO2. The summed E-state index contributed by atoms with van der Waals surface area (Å²) in [4.78, 5) is 0. The van der Waals surface area contributed by atoms with Gasteiger partial charge in [-0.2, -0.15) is 0 Å². The van der Waals surface area contributed by atoms with Gasteiger partial charge in [0.05, 0.1) is 18.2 Å². The molecule has 18 heavy (non-hydrogen) atoms. The maximum absolute atomic E-state index is 10.5. The maximum Gasteiger partial charge on any atom is 0.137 e. The second-order valence-corrected chi connectivity index (χ2v) is 5.25. The van der Waals surface area contributed by atoms with E-state index in [1.54, 1.807) is 13.2 Å². The molecule has 0 radical (unpaired) electrons. The third-order valence-corrected chi connectivity index (χ3v) is 3.55. The molecule has 102 valence electrons. The zero-order valence-electron chi connectivity index (χ0n) is 11.6. The Bertz CT molecular complexity index is 407. The van der Waals surface area contributed by atoms with Crippen molar-refractivity contribution in [1.29, 1.82) is 0 Å². The SMILES string of the molecule is CNC(C(C)C)C(O)c1cc(Cl)c(OC)cc1C. The van der Waals surface area contributed by atoms with Crippen molar-refractivity contribution in [3.8, 4) is 5.75 Å². The van der Waals surface area contributed by atoms with E-state index in [9.17, 15) is 5.11 Å². The van der Waals surface area contributed by atoms with Crippen LogP contribution in [0.3, 0.4) is 0 Å². The molecule has 0 aliphatic carbocycles. The molecule has 0 bridgehead atoms. The molecule has 0 fully saturated rings. The summed E-state index contributed by atoms with van der Waals surface area (Å²) in [5.74, 6) is 0.959. The van der Waals surface area contributed by atoms with Gasteiger partial charge in [-0.25, -0.2) is 0 Å². The molecule has 2 unspecified atom stereocenters. The number of hydrogen-bond acceptors (Lipinski definition) is 3. The lowest BCUT2D eigenvalue weighted by molar-refractivity contribution is 0.109. The number of hydrogen-bond donors (Lipinski definition) is 2. The lowest BCUT2D eigenvalue weighted by atomic mass is 9.91.